The predicted octanol–water partition coefficient (Wildman–Crippen LogP) is 1.91. The van der Waals surface area contributed by atoms with Gasteiger partial charge in [0, 0.05) is 30.0 Å². The first-order valence-corrected chi connectivity index (χ1v) is 9.33. The smallest absolute Gasteiger partial charge is 0.349 e. The van der Waals surface area contributed by atoms with E-state index >= 15 is 0 Å². The zero-order valence-corrected chi connectivity index (χ0v) is 15.4. The first-order valence-electron chi connectivity index (χ1n) is 8.95. The molecule has 0 N–H and O–H groups in total. The quantitative estimate of drug-likeness (QED) is 0.732. The fraction of sp³-hybridized carbons (Fsp3) is 0.421. The molecule has 0 spiro atoms. The number of benzene rings is 1. The molecule has 0 radical (unpaired) electrons. The minimum absolute atomic E-state index is 0.0774. The third-order valence-corrected chi connectivity index (χ3v) is 5.28. The van der Waals surface area contributed by atoms with Gasteiger partial charge in [-0.3, -0.25) is 9.59 Å². The molecule has 2 aromatic rings. The SMILES string of the molecule is O=C([C@@H]1CCCN1C(=O)c1cc2cc(Cl)ccc2oc1=O)N1CCOCC1. The Morgan fingerprint density at radius 2 is 1.89 bits per heavy atom. The van der Waals surface area contributed by atoms with Crippen molar-refractivity contribution in [3.63, 3.8) is 0 Å². The molecule has 1 atom stereocenters. The predicted molar refractivity (Wildman–Crippen MR) is 99.0 cm³/mol. The van der Waals surface area contributed by atoms with Crippen LogP contribution in [-0.2, 0) is 9.53 Å². The molecule has 2 fully saturated rings. The summed E-state index contributed by atoms with van der Waals surface area (Å²) < 4.78 is 10.6. The van der Waals surface area contributed by atoms with Crippen molar-refractivity contribution in [3.05, 3.63) is 45.3 Å². The lowest BCUT2D eigenvalue weighted by molar-refractivity contribution is -0.139. The van der Waals surface area contributed by atoms with Gasteiger partial charge >= 0.3 is 5.63 Å². The number of rotatable bonds is 2. The van der Waals surface area contributed by atoms with E-state index in [0.29, 0.717) is 55.3 Å². The number of ether oxygens (including phenoxy) is 1. The third kappa shape index (κ3) is 3.44. The van der Waals surface area contributed by atoms with Gasteiger partial charge < -0.3 is 19.0 Å². The van der Waals surface area contributed by atoms with Crippen molar-refractivity contribution in [3.8, 4) is 0 Å². The molecule has 2 aliphatic rings. The van der Waals surface area contributed by atoms with Gasteiger partial charge in [0.15, 0.2) is 0 Å². The van der Waals surface area contributed by atoms with E-state index in [0.717, 1.165) is 6.42 Å². The number of amides is 2. The summed E-state index contributed by atoms with van der Waals surface area (Å²) in [6.45, 7) is 2.48. The fourth-order valence-electron chi connectivity index (χ4n) is 3.66. The molecule has 8 heteroatoms. The molecule has 2 aliphatic heterocycles. The Labute approximate surface area is 160 Å². The van der Waals surface area contributed by atoms with Gasteiger partial charge in [-0.1, -0.05) is 11.6 Å². The standard InChI is InChI=1S/C19H19ClN2O5/c20-13-3-4-16-12(10-13)11-14(19(25)27-16)17(23)22-5-1-2-15(22)18(24)21-6-8-26-9-7-21/h3-4,10-11,15H,1-2,5-9H2/t15-/m0/s1. The van der Waals surface area contributed by atoms with Crippen LogP contribution in [0.15, 0.2) is 33.5 Å². The van der Waals surface area contributed by atoms with Gasteiger partial charge in [-0.25, -0.2) is 4.79 Å². The highest BCUT2D eigenvalue weighted by Gasteiger charge is 2.38. The van der Waals surface area contributed by atoms with E-state index in [9.17, 15) is 14.4 Å². The third-order valence-electron chi connectivity index (χ3n) is 5.05. The topological polar surface area (TPSA) is 80.1 Å². The number of nitrogens with zero attached hydrogens (tertiary/aromatic N) is 2. The first-order chi connectivity index (χ1) is 13.0. The monoisotopic (exact) mass is 390 g/mol. The number of morpholine rings is 1. The highest BCUT2D eigenvalue weighted by Crippen LogP contribution is 2.24. The van der Waals surface area contributed by atoms with Gasteiger partial charge in [0.25, 0.3) is 5.91 Å². The largest absolute Gasteiger partial charge is 0.422 e. The van der Waals surface area contributed by atoms with E-state index in [1.807, 2.05) is 0 Å². The minimum atomic E-state index is -0.709. The van der Waals surface area contributed by atoms with Crippen LogP contribution < -0.4 is 5.63 Å². The number of hydrogen-bond donors (Lipinski definition) is 0. The molecule has 142 valence electrons. The van der Waals surface area contributed by atoms with Crippen LogP contribution in [0, 0.1) is 0 Å². The molecule has 7 nitrogen and oxygen atoms in total. The highest BCUT2D eigenvalue weighted by molar-refractivity contribution is 6.31. The zero-order chi connectivity index (χ0) is 19.0. The Bertz CT molecular complexity index is 951. The Balaban J connectivity index is 1.63. The van der Waals surface area contributed by atoms with Crippen LogP contribution >= 0.6 is 11.6 Å². The summed E-state index contributed by atoms with van der Waals surface area (Å²) in [4.78, 5) is 41.4. The molecule has 27 heavy (non-hydrogen) atoms. The summed E-state index contributed by atoms with van der Waals surface area (Å²) in [7, 11) is 0. The average Bonchev–Trinajstić information content (AvgIpc) is 3.17. The average molecular weight is 391 g/mol. The second kappa shape index (κ2) is 7.32. The van der Waals surface area contributed by atoms with Gasteiger partial charge in [-0.2, -0.15) is 0 Å². The number of hydrogen-bond acceptors (Lipinski definition) is 5. The van der Waals surface area contributed by atoms with Crippen molar-refractivity contribution in [1.29, 1.82) is 0 Å². The van der Waals surface area contributed by atoms with Crippen LogP contribution in [0.5, 0.6) is 0 Å². The molecule has 0 aliphatic carbocycles. The summed E-state index contributed by atoms with van der Waals surface area (Å²) in [5.74, 6) is -0.563. The lowest BCUT2D eigenvalue weighted by atomic mass is 10.1. The second-order valence-electron chi connectivity index (χ2n) is 6.72. The van der Waals surface area contributed by atoms with Crippen molar-refractivity contribution in [2.45, 2.75) is 18.9 Å². The van der Waals surface area contributed by atoms with E-state index in [-0.39, 0.29) is 11.5 Å². The van der Waals surface area contributed by atoms with Gasteiger partial charge in [0.05, 0.1) is 13.2 Å². The second-order valence-corrected chi connectivity index (χ2v) is 7.16. The lowest BCUT2D eigenvalue weighted by Crippen LogP contribution is -2.51. The number of halogens is 1. The Kier molecular flexibility index (Phi) is 4.88. The summed E-state index contributed by atoms with van der Waals surface area (Å²) in [6, 6.07) is 5.78. The van der Waals surface area contributed by atoms with E-state index in [1.54, 1.807) is 23.1 Å². The van der Waals surface area contributed by atoms with Crippen molar-refractivity contribution >= 4 is 34.4 Å². The van der Waals surface area contributed by atoms with Crippen LogP contribution in [0.1, 0.15) is 23.2 Å². The Hall–Kier alpha value is -2.38. The summed E-state index contributed by atoms with van der Waals surface area (Å²) in [6.07, 6.45) is 1.31. The maximum atomic E-state index is 13.0. The summed E-state index contributed by atoms with van der Waals surface area (Å²) in [5, 5.41) is 1.05. The Morgan fingerprint density at radius 3 is 2.67 bits per heavy atom. The fourth-order valence-corrected chi connectivity index (χ4v) is 3.84. The van der Waals surface area contributed by atoms with Crippen LogP contribution in [0.3, 0.4) is 0 Å². The first kappa shape index (κ1) is 18.0. The van der Waals surface area contributed by atoms with E-state index < -0.39 is 17.6 Å². The van der Waals surface area contributed by atoms with Crippen LogP contribution in [0.2, 0.25) is 5.02 Å². The zero-order valence-electron chi connectivity index (χ0n) is 14.7. The molecular formula is C19H19ClN2O5. The van der Waals surface area contributed by atoms with E-state index in [2.05, 4.69) is 0 Å². The molecule has 0 unspecified atom stereocenters. The highest BCUT2D eigenvalue weighted by atomic mass is 35.5. The molecule has 2 saturated heterocycles. The van der Waals surface area contributed by atoms with Crippen LogP contribution in [0.25, 0.3) is 11.0 Å². The number of carbonyl (C=O) groups is 2. The van der Waals surface area contributed by atoms with Crippen LogP contribution in [-0.4, -0.2) is 60.5 Å². The summed E-state index contributed by atoms with van der Waals surface area (Å²) in [5.41, 5.74) is -0.422. The Morgan fingerprint density at radius 1 is 1.11 bits per heavy atom. The maximum Gasteiger partial charge on any atom is 0.349 e. The molecule has 1 aromatic heterocycles. The van der Waals surface area contributed by atoms with Gasteiger partial charge in [0.1, 0.15) is 17.2 Å². The molecule has 3 heterocycles. The van der Waals surface area contributed by atoms with E-state index in [4.69, 9.17) is 20.8 Å². The van der Waals surface area contributed by atoms with Crippen LogP contribution in [0.4, 0.5) is 0 Å². The van der Waals surface area contributed by atoms with Crippen molar-refractivity contribution in [1.82, 2.24) is 9.80 Å². The normalized spacial score (nSPS) is 20.3. The molecule has 1 aromatic carbocycles. The summed E-state index contributed by atoms with van der Waals surface area (Å²) >= 11 is 5.99. The van der Waals surface area contributed by atoms with Crippen molar-refractivity contribution < 1.29 is 18.7 Å². The molecular weight excluding hydrogens is 372 g/mol. The van der Waals surface area contributed by atoms with E-state index in [1.165, 1.54) is 11.0 Å². The van der Waals surface area contributed by atoms with Crippen molar-refractivity contribution in [2.75, 3.05) is 32.8 Å². The lowest BCUT2D eigenvalue weighted by Gasteiger charge is -2.32. The van der Waals surface area contributed by atoms with Gasteiger partial charge in [-0.05, 0) is 37.1 Å². The molecule has 0 bridgehead atoms. The number of carbonyl (C=O) groups excluding carboxylic acids is 2. The van der Waals surface area contributed by atoms with Gasteiger partial charge in [0.2, 0.25) is 5.91 Å². The van der Waals surface area contributed by atoms with Crippen molar-refractivity contribution in [2.24, 2.45) is 0 Å². The number of fused-ring (bicyclic) bond motifs is 1. The molecule has 0 saturated carbocycles. The number of likely N-dealkylation sites (tertiary alicyclic amines) is 1. The molecule has 4 rings (SSSR count). The van der Waals surface area contributed by atoms with Gasteiger partial charge in [-0.15, -0.1) is 0 Å². The molecule has 2 amide bonds. The minimum Gasteiger partial charge on any atom is -0.422 e. The maximum absolute atomic E-state index is 13.0.